The maximum atomic E-state index is 12.7. The second-order valence-corrected chi connectivity index (χ2v) is 6.26. The van der Waals surface area contributed by atoms with Gasteiger partial charge in [-0.25, -0.2) is 9.78 Å². The van der Waals surface area contributed by atoms with E-state index in [0.29, 0.717) is 12.1 Å². The number of imidazole rings is 1. The number of aromatic nitrogens is 2. The standard InChI is InChI=1S/C20H17N5O/c1-24-13-22-12-19(24)15-3-2-4-17(10-15)23-20(26)25-8-7-16-9-14(11-21)5-6-18(16)25/h2-6,9-10,12-13H,7-8H2,1H3,(H,23,26). The van der Waals surface area contributed by atoms with Crippen LogP contribution in [0.2, 0.25) is 0 Å². The Morgan fingerprint density at radius 2 is 2.15 bits per heavy atom. The second kappa shape index (κ2) is 6.37. The van der Waals surface area contributed by atoms with Crippen molar-refractivity contribution in [3.8, 4) is 17.3 Å². The highest BCUT2D eigenvalue weighted by Gasteiger charge is 2.25. The first-order valence-corrected chi connectivity index (χ1v) is 8.34. The van der Waals surface area contributed by atoms with Crippen molar-refractivity contribution in [3.05, 3.63) is 66.1 Å². The van der Waals surface area contributed by atoms with Crippen LogP contribution in [0.15, 0.2) is 55.0 Å². The molecule has 128 valence electrons. The lowest BCUT2D eigenvalue weighted by molar-refractivity contribution is 0.257. The highest BCUT2D eigenvalue weighted by Crippen LogP contribution is 2.30. The predicted molar refractivity (Wildman–Crippen MR) is 99.9 cm³/mol. The van der Waals surface area contributed by atoms with Crippen molar-refractivity contribution in [1.29, 1.82) is 5.26 Å². The summed E-state index contributed by atoms with van der Waals surface area (Å²) in [4.78, 5) is 18.6. The molecule has 6 nitrogen and oxygen atoms in total. The van der Waals surface area contributed by atoms with Crippen molar-refractivity contribution < 1.29 is 4.79 Å². The van der Waals surface area contributed by atoms with Gasteiger partial charge < -0.3 is 9.88 Å². The lowest BCUT2D eigenvalue weighted by Crippen LogP contribution is -2.33. The highest BCUT2D eigenvalue weighted by atomic mass is 16.2. The van der Waals surface area contributed by atoms with Gasteiger partial charge in [0.25, 0.3) is 0 Å². The number of nitriles is 1. The number of rotatable bonds is 2. The molecule has 0 atom stereocenters. The third kappa shape index (κ3) is 2.80. The van der Waals surface area contributed by atoms with Gasteiger partial charge in [-0.05, 0) is 42.3 Å². The quantitative estimate of drug-likeness (QED) is 0.773. The molecule has 2 amide bonds. The average Bonchev–Trinajstić information content (AvgIpc) is 3.27. The Hall–Kier alpha value is -3.59. The van der Waals surface area contributed by atoms with Gasteiger partial charge in [-0.1, -0.05) is 12.1 Å². The molecule has 0 saturated heterocycles. The number of carbonyl (C=O) groups excluding carboxylic acids is 1. The molecule has 0 bridgehead atoms. The summed E-state index contributed by atoms with van der Waals surface area (Å²) in [7, 11) is 1.93. The maximum Gasteiger partial charge on any atom is 0.326 e. The summed E-state index contributed by atoms with van der Waals surface area (Å²) in [6.07, 6.45) is 4.30. The van der Waals surface area contributed by atoms with Gasteiger partial charge in [0.1, 0.15) is 0 Å². The van der Waals surface area contributed by atoms with Crippen molar-refractivity contribution >= 4 is 17.4 Å². The van der Waals surface area contributed by atoms with Crippen LogP contribution < -0.4 is 10.2 Å². The van der Waals surface area contributed by atoms with Crippen LogP contribution in [-0.4, -0.2) is 22.1 Å². The number of amides is 2. The number of anilines is 2. The van der Waals surface area contributed by atoms with Gasteiger partial charge in [0.15, 0.2) is 0 Å². The summed E-state index contributed by atoms with van der Waals surface area (Å²) < 4.78 is 1.93. The number of hydrogen-bond acceptors (Lipinski definition) is 3. The zero-order valence-corrected chi connectivity index (χ0v) is 14.3. The van der Waals surface area contributed by atoms with Crippen molar-refractivity contribution in [2.45, 2.75) is 6.42 Å². The van der Waals surface area contributed by atoms with Gasteiger partial charge >= 0.3 is 6.03 Å². The Morgan fingerprint density at radius 1 is 1.27 bits per heavy atom. The van der Waals surface area contributed by atoms with Crippen LogP contribution in [0.4, 0.5) is 16.2 Å². The first-order valence-electron chi connectivity index (χ1n) is 8.34. The smallest absolute Gasteiger partial charge is 0.326 e. The first kappa shape index (κ1) is 15.9. The van der Waals surface area contributed by atoms with Crippen LogP contribution >= 0.6 is 0 Å². The summed E-state index contributed by atoms with van der Waals surface area (Å²) in [5, 5.41) is 12.0. The van der Waals surface area contributed by atoms with E-state index in [1.807, 2.05) is 48.0 Å². The van der Waals surface area contributed by atoms with Crippen molar-refractivity contribution in [1.82, 2.24) is 9.55 Å². The van der Waals surface area contributed by atoms with E-state index in [-0.39, 0.29) is 6.03 Å². The fourth-order valence-electron chi connectivity index (χ4n) is 3.26. The van der Waals surface area contributed by atoms with Gasteiger partial charge in [-0.15, -0.1) is 0 Å². The van der Waals surface area contributed by atoms with E-state index in [9.17, 15) is 4.79 Å². The maximum absolute atomic E-state index is 12.7. The minimum Gasteiger partial charge on any atom is -0.334 e. The number of nitrogens with one attached hydrogen (secondary N) is 1. The third-order valence-corrected chi connectivity index (χ3v) is 4.58. The molecule has 0 radical (unpaired) electrons. The molecule has 26 heavy (non-hydrogen) atoms. The first-order chi connectivity index (χ1) is 12.7. The van der Waals surface area contributed by atoms with Crippen LogP contribution in [0.5, 0.6) is 0 Å². The molecule has 1 aliphatic heterocycles. The van der Waals surface area contributed by atoms with E-state index in [1.165, 1.54) is 0 Å². The molecular formula is C20H17N5O. The third-order valence-electron chi connectivity index (χ3n) is 4.58. The fraction of sp³-hybridized carbons (Fsp3) is 0.150. The Bertz CT molecular complexity index is 1030. The lowest BCUT2D eigenvalue weighted by Gasteiger charge is -2.18. The van der Waals surface area contributed by atoms with Crippen molar-refractivity contribution in [3.63, 3.8) is 0 Å². The summed E-state index contributed by atoms with van der Waals surface area (Å²) in [5.74, 6) is 0. The molecule has 1 aromatic heterocycles. The predicted octanol–water partition coefficient (Wildman–Crippen LogP) is 3.55. The van der Waals surface area contributed by atoms with Crippen LogP contribution in [0.1, 0.15) is 11.1 Å². The Labute approximate surface area is 151 Å². The monoisotopic (exact) mass is 343 g/mol. The summed E-state index contributed by atoms with van der Waals surface area (Å²) in [6, 6.07) is 15.1. The normalized spacial score (nSPS) is 12.5. The molecule has 0 unspecified atom stereocenters. The van der Waals surface area contributed by atoms with Gasteiger partial charge in [0.05, 0.1) is 29.9 Å². The lowest BCUT2D eigenvalue weighted by atomic mass is 10.1. The van der Waals surface area contributed by atoms with Crippen LogP contribution in [0, 0.1) is 11.3 Å². The Morgan fingerprint density at radius 3 is 2.92 bits per heavy atom. The molecular weight excluding hydrogens is 326 g/mol. The minimum absolute atomic E-state index is 0.171. The van der Waals surface area contributed by atoms with E-state index in [0.717, 1.165) is 34.6 Å². The molecule has 4 rings (SSSR count). The average molecular weight is 343 g/mol. The number of aryl methyl sites for hydroxylation is 1. The van der Waals surface area contributed by atoms with Gasteiger partial charge in [-0.3, -0.25) is 4.90 Å². The van der Waals surface area contributed by atoms with Crippen molar-refractivity contribution in [2.75, 3.05) is 16.8 Å². The summed E-state index contributed by atoms with van der Waals surface area (Å²) in [5.41, 5.74) is 5.22. The SMILES string of the molecule is Cn1cncc1-c1cccc(NC(=O)N2CCc3cc(C#N)ccc32)c1. The van der Waals surface area contributed by atoms with E-state index in [4.69, 9.17) is 5.26 Å². The number of fused-ring (bicyclic) bond motifs is 1. The molecule has 0 fully saturated rings. The zero-order valence-electron chi connectivity index (χ0n) is 14.3. The molecule has 6 heteroatoms. The highest BCUT2D eigenvalue weighted by molar-refractivity contribution is 6.03. The number of nitrogens with zero attached hydrogens (tertiary/aromatic N) is 4. The Kier molecular flexibility index (Phi) is 3.90. The molecule has 2 aromatic carbocycles. The molecule has 1 aliphatic rings. The molecule has 0 saturated carbocycles. The minimum atomic E-state index is -0.171. The zero-order chi connectivity index (χ0) is 18.1. The molecule has 2 heterocycles. The summed E-state index contributed by atoms with van der Waals surface area (Å²) in [6.45, 7) is 0.609. The van der Waals surface area contributed by atoms with Crippen LogP contribution in [-0.2, 0) is 13.5 Å². The van der Waals surface area contributed by atoms with Crippen LogP contribution in [0.25, 0.3) is 11.3 Å². The number of carbonyl (C=O) groups is 1. The van der Waals surface area contributed by atoms with E-state index < -0.39 is 0 Å². The summed E-state index contributed by atoms with van der Waals surface area (Å²) >= 11 is 0. The number of benzene rings is 2. The number of urea groups is 1. The van der Waals surface area contributed by atoms with Gasteiger partial charge in [0, 0.05) is 30.5 Å². The van der Waals surface area contributed by atoms with E-state index in [1.54, 1.807) is 23.5 Å². The molecule has 1 N–H and O–H groups in total. The van der Waals surface area contributed by atoms with E-state index >= 15 is 0 Å². The fourth-order valence-corrected chi connectivity index (χ4v) is 3.26. The second-order valence-electron chi connectivity index (χ2n) is 6.26. The number of hydrogen-bond donors (Lipinski definition) is 1. The molecule has 3 aromatic rings. The van der Waals surface area contributed by atoms with E-state index in [2.05, 4.69) is 16.4 Å². The van der Waals surface area contributed by atoms with Crippen molar-refractivity contribution in [2.24, 2.45) is 7.05 Å². The largest absolute Gasteiger partial charge is 0.334 e. The van der Waals surface area contributed by atoms with Crippen LogP contribution in [0.3, 0.4) is 0 Å². The van der Waals surface area contributed by atoms with Gasteiger partial charge in [0.2, 0.25) is 0 Å². The molecule has 0 spiro atoms. The molecule has 0 aliphatic carbocycles. The topological polar surface area (TPSA) is 74.0 Å². The Balaban J connectivity index is 1.55. The van der Waals surface area contributed by atoms with Gasteiger partial charge in [-0.2, -0.15) is 5.26 Å².